The lowest BCUT2D eigenvalue weighted by Crippen LogP contribution is -2.55. The van der Waals surface area contributed by atoms with Crippen molar-refractivity contribution in [2.45, 2.75) is 57.9 Å². The van der Waals surface area contributed by atoms with Gasteiger partial charge in [-0.3, -0.25) is 9.59 Å². The summed E-state index contributed by atoms with van der Waals surface area (Å²) in [6.07, 6.45) is 5.29. The molecule has 1 atom stereocenters. The van der Waals surface area contributed by atoms with Crippen molar-refractivity contribution in [3.63, 3.8) is 0 Å². The Morgan fingerprint density at radius 1 is 1.29 bits per heavy atom. The maximum Gasteiger partial charge on any atom is 0.239 e. The summed E-state index contributed by atoms with van der Waals surface area (Å²) < 4.78 is 0. The number of carbonyl (C=O) groups is 2. The number of nitrogens with zero attached hydrogens (tertiary/aromatic N) is 1. The summed E-state index contributed by atoms with van der Waals surface area (Å²) in [5.41, 5.74) is 4.75. The highest BCUT2D eigenvalue weighted by Crippen LogP contribution is 2.39. The van der Waals surface area contributed by atoms with Crippen molar-refractivity contribution in [2.24, 2.45) is 11.1 Å². The molecule has 21 heavy (non-hydrogen) atoms. The van der Waals surface area contributed by atoms with Crippen molar-refractivity contribution in [2.75, 3.05) is 20.6 Å². The van der Waals surface area contributed by atoms with Crippen LogP contribution < -0.4 is 11.1 Å². The monoisotopic (exact) mass is 319 g/mol. The molecule has 0 aliphatic heterocycles. The Balaban J connectivity index is 0.00000400. The van der Waals surface area contributed by atoms with Crippen molar-refractivity contribution in [3.8, 4) is 0 Å². The molecule has 0 heterocycles. The van der Waals surface area contributed by atoms with Crippen LogP contribution in [0.2, 0.25) is 0 Å². The largest absolute Gasteiger partial charge is 0.353 e. The molecule has 0 saturated heterocycles. The van der Waals surface area contributed by atoms with Gasteiger partial charge in [-0.25, -0.2) is 0 Å². The van der Waals surface area contributed by atoms with E-state index in [0.29, 0.717) is 13.0 Å². The van der Waals surface area contributed by atoms with E-state index in [4.69, 9.17) is 5.73 Å². The lowest BCUT2D eigenvalue weighted by Gasteiger charge is -2.32. The van der Waals surface area contributed by atoms with Gasteiger partial charge in [0.1, 0.15) is 0 Å². The molecule has 0 aromatic heterocycles. The first-order chi connectivity index (χ1) is 9.25. The average molecular weight is 320 g/mol. The smallest absolute Gasteiger partial charge is 0.239 e. The molecule has 0 aromatic carbocycles. The molecule has 1 aliphatic rings. The molecule has 5 nitrogen and oxygen atoms in total. The van der Waals surface area contributed by atoms with Gasteiger partial charge in [0.15, 0.2) is 0 Å². The van der Waals surface area contributed by atoms with Gasteiger partial charge >= 0.3 is 0 Å². The van der Waals surface area contributed by atoms with E-state index in [1.54, 1.807) is 25.9 Å². The molecule has 1 saturated carbocycles. The van der Waals surface area contributed by atoms with Crippen molar-refractivity contribution in [1.29, 1.82) is 0 Å². The van der Waals surface area contributed by atoms with Gasteiger partial charge in [0.25, 0.3) is 0 Å². The predicted molar refractivity (Wildman–Crippen MR) is 87.4 cm³/mol. The van der Waals surface area contributed by atoms with Crippen LogP contribution in [0.4, 0.5) is 0 Å². The van der Waals surface area contributed by atoms with E-state index in [1.807, 2.05) is 6.92 Å². The van der Waals surface area contributed by atoms with Crippen LogP contribution in [0.25, 0.3) is 0 Å². The van der Waals surface area contributed by atoms with Gasteiger partial charge in [-0.1, -0.05) is 26.2 Å². The molecule has 0 spiro atoms. The number of halogens is 1. The first-order valence-electron chi connectivity index (χ1n) is 7.54. The van der Waals surface area contributed by atoms with Gasteiger partial charge in [-0.2, -0.15) is 0 Å². The van der Waals surface area contributed by atoms with E-state index in [1.165, 1.54) is 0 Å². The molecule has 3 N–H and O–H groups in total. The van der Waals surface area contributed by atoms with Crippen LogP contribution >= 0.6 is 12.4 Å². The number of hydrogen-bond donors (Lipinski definition) is 2. The molecule has 0 bridgehead atoms. The predicted octanol–water partition coefficient (Wildman–Crippen LogP) is 1.69. The first-order valence-corrected chi connectivity index (χ1v) is 7.54. The minimum absolute atomic E-state index is 0. The van der Waals surface area contributed by atoms with Gasteiger partial charge in [-0.05, 0) is 26.2 Å². The van der Waals surface area contributed by atoms with E-state index in [0.717, 1.165) is 32.1 Å². The molecule has 2 amide bonds. The number of hydrogen-bond acceptors (Lipinski definition) is 3. The lowest BCUT2D eigenvalue weighted by atomic mass is 9.84. The Hall–Kier alpha value is -0.810. The summed E-state index contributed by atoms with van der Waals surface area (Å²) in [5.74, 6) is -0.0401. The minimum atomic E-state index is -0.851. The molecular formula is C15H30ClN3O2. The van der Waals surface area contributed by atoms with Crippen LogP contribution in [0.3, 0.4) is 0 Å². The number of amides is 2. The molecule has 124 valence electrons. The summed E-state index contributed by atoms with van der Waals surface area (Å²) in [6, 6.07) is 0. The highest BCUT2D eigenvalue weighted by atomic mass is 35.5. The van der Waals surface area contributed by atoms with Crippen LogP contribution in [0.1, 0.15) is 52.4 Å². The van der Waals surface area contributed by atoms with Gasteiger partial charge in [0, 0.05) is 20.6 Å². The zero-order valence-electron chi connectivity index (χ0n) is 13.7. The van der Waals surface area contributed by atoms with Gasteiger partial charge < -0.3 is 16.0 Å². The van der Waals surface area contributed by atoms with Crippen molar-refractivity contribution < 1.29 is 9.59 Å². The van der Waals surface area contributed by atoms with Crippen molar-refractivity contribution in [1.82, 2.24) is 10.2 Å². The second-order valence-corrected chi connectivity index (χ2v) is 6.54. The van der Waals surface area contributed by atoms with E-state index in [2.05, 4.69) is 5.32 Å². The summed E-state index contributed by atoms with van der Waals surface area (Å²) >= 11 is 0. The third-order valence-electron chi connectivity index (χ3n) is 4.30. The fraction of sp³-hybridized carbons (Fsp3) is 0.867. The third-order valence-corrected chi connectivity index (χ3v) is 4.30. The Bertz CT molecular complexity index is 364. The van der Waals surface area contributed by atoms with Gasteiger partial charge in [0.2, 0.25) is 11.8 Å². The molecule has 1 rings (SSSR count). The Kier molecular flexibility index (Phi) is 7.68. The molecule has 1 aliphatic carbocycles. The molecule has 0 radical (unpaired) electrons. The second kappa shape index (κ2) is 7.99. The fourth-order valence-electron chi connectivity index (χ4n) is 3.08. The van der Waals surface area contributed by atoms with Crippen LogP contribution in [0.5, 0.6) is 0 Å². The van der Waals surface area contributed by atoms with Gasteiger partial charge in [-0.15, -0.1) is 12.4 Å². The summed E-state index contributed by atoms with van der Waals surface area (Å²) in [5, 5.41) is 2.91. The third kappa shape index (κ3) is 4.85. The molecule has 0 aromatic rings. The fourth-order valence-corrected chi connectivity index (χ4v) is 3.08. The van der Waals surface area contributed by atoms with E-state index >= 15 is 0 Å². The number of nitrogens with one attached hydrogen (secondary N) is 1. The normalized spacial score (nSPS) is 19.3. The highest BCUT2D eigenvalue weighted by molar-refractivity contribution is 5.87. The zero-order chi connectivity index (χ0) is 15.4. The minimum Gasteiger partial charge on any atom is -0.353 e. The molecule has 1 fully saturated rings. The average Bonchev–Trinajstić information content (AvgIpc) is 2.84. The Morgan fingerprint density at radius 2 is 1.81 bits per heavy atom. The Morgan fingerprint density at radius 3 is 2.24 bits per heavy atom. The quantitative estimate of drug-likeness (QED) is 0.782. The Labute approximate surface area is 134 Å². The topological polar surface area (TPSA) is 75.4 Å². The van der Waals surface area contributed by atoms with Crippen LogP contribution in [0, 0.1) is 5.41 Å². The number of carbonyl (C=O) groups excluding carboxylic acids is 2. The van der Waals surface area contributed by atoms with E-state index in [-0.39, 0.29) is 24.2 Å². The number of nitrogens with two attached hydrogens (primary N) is 1. The molecule has 6 heteroatoms. The highest BCUT2D eigenvalue weighted by Gasteiger charge is 2.43. The van der Waals surface area contributed by atoms with Crippen molar-refractivity contribution >= 4 is 24.2 Å². The van der Waals surface area contributed by atoms with Crippen LogP contribution in [-0.2, 0) is 9.59 Å². The van der Waals surface area contributed by atoms with E-state index < -0.39 is 11.0 Å². The van der Waals surface area contributed by atoms with Crippen LogP contribution in [0.15, 0.2) is 0 Å². The standard InChI is InChI=1S/C15H29N3O2.ClH/c1-5-8-14(2,16)12(19)17-11-15(9-6-7-10-15)13(20)18(3)4;/h5-11,16H2,1-4H3,(H,17,19);1H. The lowest BCUT2D eigenvalue weighted by molar-refractivity contribution is -0.139. The van der Waals surface area contributed by atoms with Gasteiger partial charge in [0.05, 0.1) is 11.0 Å². The maximum atomic E-state index is 12.4. The van der Waals surface area contributed by atoms with E-state index in [9.17, 15) is 9.59 Å². The summed E-state index contributed by atoms with van der Waals surface area (Å²) in [7, 11) is 3.54. The summed E-state index contributed by atoms with van der Waals surface area (Å²) in [4.78, 5) is 26.2. The molecule has 1 unspecified atom stereocenters. The first kappa shape index (κ1) is 20.2. The SMILES string of the molecule is CCCC(C)(N)C(=O)NCC1(C(=O)N(C)C)CCCC1.Cl. The number of rotatable bonds is 6. The second-order valence-electron chi connectivity index (χ2n) is 6.54. The van der Waals surface area contributed by atoms with Crippen molar-refractivity contribution in [3.05, 3.63) is 0 Å². The maximum absolute atomic E-state index is 12.4. The van der Waals surface area contributed by atoms with Crippen LogP contribution in [-0.4, -0.2) is 42.9 Å². The summed E-state index contributed by atoms with van der Waals surface area (Å²) in [6.45, 7) is 4.16. The zero-order valence-corrected chi connectivity index (χ0v) is 14.5. The molecular weight excluding hydrogens is 290 g/mol.